The molecular weight excluding hydrogens is 392 g/mol. The van der Waals surface area contributed by atoms with E-state index in [2.05, 4.69) is 0 Å². The maximum atomic E-state index is 13.4. The molecule has 2 aromatic rings. The molecule has 2 rings (SSSR count). The van der Waals surface area contributed by atoms with E-state index in [0.717, 1.165) is 6.07 Å². The predicted molar refractivity (Wildman–Crippen MR) is 86.0 cm³/mol. The highest BCUT2D eigenvalue weighted by Crippen LogP contribution is 2.40. The van der Waals surface area contributed by atoms with E-state index in [1.165, 1.54) is 0 Å². The van der Waals surface area contributed by atoms with Crippen LogP contribution in [-0.4, -0.2) is 23.9 Å². The lowest BCUT2D eigenvalue weighted by Gasteiger charge is -2.31. The van der Waals surface area contributed by atoms with Crippen molar-refractivity contribution in [2.24, 2.45) is 0 Å². The van der Waals surface area contributed by atoms with Crippen molar-refractivity contribution in [3.8, 4) is 0 Å². The number of nitrogens with one attached hydrogen (secondary N) is 1. The van der Waals surface area contributed by atoms with E-state index in [4.69, 9.17) is 4.74 Å². The number of hydrogen-bond donors (Lipinski definition) is 2. The van der Waals surface area contributed by atoms with Gasteiger partial charge in [0.1, 0.15) is 6.61 Å². The highest BCUT2D eigenvalue weighted by molar-refractivity contribution is 5.67. The summed E-state index contributed by atoms with van der Waals surface area (Å²) in [7, 11) is 0. The van der Waals surface area contributed by atoms with Crippen molar-refractivity contribution in [3.05, 3.63) is 71.3 Å². The summed E-state index contributed by atoms with van der Waals surface area (Å²) >= 11 is 0. The summed E-state index contributed by atoms with van der Waals surface area (Å²) in [5, 5.41) is 11.8. The molecule has 0 aromatic heterocycles. The zero-order chi connectivity index (χ0) is 21.0. The van der Waals surface area contributed by atoms with Crippen LogP contribution in [0.3, 0.4) is 0 Å². The first-order valence-corrected chi connectivity index (χ1v) is 7.85. The van der Waals surface area contributed by atoms with Crippen molar-refractivity contribution in [3.63, 3.8) is 0 Å². The molecule has 0 saturated carbocycles. The number of carbonyl (C=O) groups excluding carboxylic acids is 1. The van der Waals surface area contributed by atoms with Gasteiger partial charge >= 0.3 is 18.4 Å². The molecule has 152 valence electrons. The summed E-state index contributed by atoms with van der Waals surface area (Å²) in [4.78, 5) is 11.7. The van der Waals surface area contributed by atoms with E-state index in [9.17, 15) is 36.2 Å². The summed E-state index contributed by atoms with van der Waals surface area (Å²) in [5.74, 6) is 0. The Balaban J connectivity index is 2.14. The van der Waals surface area contributed by atoms with E-state index in [1.807, 2.05) is 0 Å². The first kappa shape index (κ1) is 21.5. The molecule has 1 atom stereocenters. The maximum Gasteiger partial charge on any atom is 0.423 e. The molecule has 0 aliphatic heterocycles. The molecule has 0 radical (unpaired) electrons. The van der Waals surface area contributed by atoms with E-state index >= 15 is 0 Å². The van der Waals surface area contributed by atoms with Crippen LogP contribution in [0.4, 0.5) is 31.1 Å². The van der Waals surface area contributed by atoms with Crippen LogP contribution in [0.5, 0.6) is 0 Å². The second-order valence-corrected chi connectivity index (χ2v) is 5.85. The van der Waals surface area contributed by atoms with Gasteiger partial charge in [-0.05, 0) is 23.3 Å². The van der Waals surface area contributed by atoms with Gasteiger partial charge in [0.05, 0.1) is 12.1 Å². The van der Waals surface area contributed by atoms with E-state index < -0.39 is 41.7 Å². The van der Waals surface area contributed by atoms with Gasteiger partial charge in [0.2, 0.25) is 5.60 Å². The standard InChI is InChI=1S/C18H15F6NO3/c19-17(20,21)14-8-4-7-13(9-14)16(27,18(22,23)24)11-25-15(26)28-10-12-5-2-1-3-6-12/h1-9,27H,10-11H2,(H,25,26). The topological polar surface area (TPSA) is 58.6 Å². The van der Waals surface area contributed by atoms with Gasteiger partial charge in [-0.15, -0.1) is 0 Å². The van der Waals surface area contributed by atoms with E-state index in [-0.39, 0.29) is 12.7 Å². The molecule has 0 fully saturated rings. The molecule has 1 amide bonds. The lowest BCUT2D eigenvalue weighted by molar-refractivity contribution is -0.263. The molecule has 2 aromatic carbocycles. The maximum absolute atomic E-state index is 13.4. The molecule has 0 spiro atoms. The fourth-order valence-corrected chi connectivity index (χ4v) is 2.29. The molecule has 0 aliphatic rings. The second-order valence-electron chi connectivity index (χ2n) is 5.85. The minimum Gasteiger partial charge on any atom is -0.445 e. The van der Waals surface area contributed by atoms with Crippen LogP contribution in [0.15, 0.2) is 54.6 Å². The number of alkyl halides is 6. The smallest absolute Gasteiger partial charge is 0.423 e. The number of rotatable bonds is 5. The SMILES string of the molecule is O=C(NCC(O)(c1cccc(C(F)(F)F)c1)C(F)(F)F)OCc1ccccc1. The molecule has 1 unspecified atom stereocenters. The number of ether oxygens (including phenoxy) is 1. The van der Waals surface area contributed by atoms with Crippen molar-refractivity contribution in [2.45, 2.75) is 24.6 Å². The van der Waals surface area contributed by atoms with Gasteiger partial charge in [0, 0.05) is 0 Å². The number of benzene rings is 2. The normalized spacial score (nSPS) is 14.2. The molecular formula is C18H15F6NO3. The largest absolute Gasteiger partial charge is 0.445 e. The van der Waals surface area contributed by atoms with Crippen molar-refractivity contribution in [1.29, 1.82) is 0 Å². The predicted octanol–water partition coefficient (Wildman–Crippen LogP) is 4.38. The van der Waals surface area contributed by atoms with Gasteiger partial charge in [-0.3, -0.25) is 0 Å². The van der Waals surface area contributed by atoms with Crippen molar-refractivity contribution < 1.29 is 41.0 Å². The van der Waals surface area contributed by atoms with Crippen LogP contribution in [0, 0.1) is 0 Å². The summed E-state index contributed by atoms with van der Waals surface area (Å²) in [6.45, 7) is -1.66. The first-order valence-electron chi connectivity index (χ1n) is 7.85. The van der Waals surface area contributed by atoms with Crippen LogP contribution in [0.1, 0.15) is 16.7 Å². The Morgan fingerprint density at radius 2 is 1.54 bits per heavy atom. The molecule has 0 saturated heterocycles. The first-order chi connectivity index (χ1) is 12.9. The highest BCUT2D eigenvalue weighted by Gasteiger charge is 2.55. The third kappa shape index (κ3) is 5.16. The van der Waals surface area contributed by atoms with Gasteiger partial charge in [0.15, 0.2) is 0 Å². The Kier molecular flexibility index (Phi) is 6.23. The third-order valence-electron chi connectivity index (χ3n) is 3.84. The van der Waals surface area contributed by atoms with E-state index in [0.29, 0.717) is 17.7 Å². The lowest BCUT2D eigenvalue weighted by atomic mass is 9.91. The van der Waals surface area contributed by atoms with Crippen LogP contribution in [-0.2, 0) is 23.1 Å². The van der Waals surface area contributed by atoms with Crippen molar-refractivity contribution in [1.82, 2.24) is 5.32 Å². The zero-order valence-electron chi connectivity index (χ0n) is 14.1. The molecule has 4 nitrogen and oxygen atoms in total. The second kappa shape index (κ2) is 8.09. The number of alkyl carbamates (subject to hydrolysis) is 1. The molecule has 0 bridgehead atoms. The Morgan fingerprint density at radius 1 is 0.929 bits per heavy atom. The van der Waals surface area contributed by atoms with Crippen LogP contribution in [0.25, 0.3) is 0 Å². The number of halogens is 6. The molecule has 0 aliphatic carbocycles. The Morgan fingerprint density at radius 3 is 2.11 bits per heavy atom. The monoisotopic (exact) mass is 407 g/mol. The average molecular weight is 407 g/mol. The molecule has 10 heteroatoms. The Labute approximate surface area is 155 Å². The minimum atomic E-state index is -5.36. The quantitative estimate of drug-likeness (QED) is 0.724. The van der Waals surface area contributed by atoms with Crippen LogP contribution < -0.4 is 5.32 Å². The van der Waals surface area contributed by atoms with Gasteiger partial charge in [-0.25, -0.2) is 4.79 Å². The molecule has 28 heavy (non-hydrogen) atoms. The fraction of sp³-hybridized carbons (Fsp3) is 0.278. The van der Waals surface area contributed by atoms with Gasteiger partial charge in [-0.1, -0.05) is 42.5 Å². The van der Waals surface area contributed by atoms with Gasteiger partial charge in [-0.2, -0.15) is 26.3 Å². The summed E-state index contributed by atoms with van der Waals surface area (Å²) in [6.07, 6.45) is -11.5. The summed E-state index contributed by atoms with van der Waals surface area (Å²) in [6, 6.07) is 10.4. The van der Waals surface area contributed by atoms with Crippen LogP contribution >= 0.6 is 0 Å². The lowest BCUT2D eigenvalue weighted by Crippen LogP contribution is -2.51. The highest BCUT2D eigenvalue weighted by atomic mass is 19.4. The fourth-order valence-electron chi connectivity index (χ4n) is 2.29. The number of hydrogen-bond acceptors (Lipinski definition) is 3. The van der Waals surface area contributed by atoms with E-state index in [1.54, 1.807) is 35.6 Å². The van der Waals surface area contributed by atoms with Crippen LogP contribution in [0.2, 0.25) is 0 Å². The third-order valence-corrected chi connectivity index (χ3v) is 3.84. The molecule has 0 heterocycles. The number of aliphatic hydroxyl groups is 1. The molecule has 2 N–H and O–H groups in total. The zero-order valence-corrected chi connectivity index (χ0v) is 14.1. The Hall–Kier alpha value is -2.75. The minimum absolute atomic E-state index is 0.185. The number of amides is 1. The van der Waals surface area contributed by atoms with Crippen molar-refractivity contribution >= 4 is 6.09 Å². The van der Waals surface area contributed by atoms with Gasteiger partial charge in [0.25, 0.3) is 0 Å². The average Bonchev–Trinajstić information content (AvgIpc) is 2.63. The Bertz CT molecular complexity index is 807. The summed E-state index contributed by atoms with van der Waals surface area (Å²) in [5.41, 5.74) is -5.58. The number of carbonyl (C=O) groups is 1. The van der Waals surface area contributed by atoms with Gasteiger partial charge < -0.3 is 15.2 Å². The van der Waals surface area contributed by atoms with Crippen molar-refractivity contribution in [2.75, 3.05) is 6.54 Å². The summed E-state index contributed by atoms with van der Waals surface area (Å²) < 4.78 is 83.3.